The fourth-order valence-electron chi connectivity index (χ4n) is 1.80. The van der Waals surface area contributed by atoms with Crippen molar-refractivity contribution in [1.82, 2.24) is 0 Å². The van der Waals surface area contributed by atoms with E-state index in [0.29, 0.717) is 11.1 Å². The van der Waals surface area contributed by atoms with Gasteiger partial charge in [0, 0.05) is 11.8 Å². The number of rotatable bonds is 3. The molecule has 0 radical (unpaired) electrons. The zero-order valence-electron chi connectivity index (χ0n) is 8.68. The summed E-state index contributed by atoms with van der Waals surface area (Å²) in [5, 5.41) is 9.88. The van der Waals surface area contributed by atoms with E-state index in [4.69, 9.17) is 16.7 Å². The Morgan fingerprint density at radius 1 is 1.35 bits per heavy atom. The lowest BCUT2D eigenvalue weighted by molar-refractivity contribution is -0.136. The predicted octanol–water partition coefficient (Wildman–Crippen LogP) is 2.33. The fourth-order valence-corrected chi connectivity index (χ4v) is 3.88. The molecule has 90 valence electrons. The number of carbonyl (C=O) groups is 1. The number of benzene rings is 1. The van der Waals surface area contributed by atoms with E-state index in [2.05, 4.69) is 0 Å². The molecule has 0 unspecified atom stereocenters. The van der Waals surface area contributed by atoms with Crippen molar-refractivity contribution in [1.29, 1.82) is 0 Å². The van der Waals surface area contributed by atoms with Gasteiger partial charge in [-0.1, -0.05) is 23.7 Å². The first-order valence-electron chi connectivity index (χ1n) is 4.88. The molecule has 1 heterocycles. The molecule has 1 aliphatic heterocycles. The minimum Gasteiger partial charge on any atom is -0.481 e. The largest absolute Gasteiger partial charge is 0.481 e. The molecule has 0 fully saturated rings. The molecule has 1 aromatic rings. The maximum absolute atomic E-state index is 11.8. The smallest absolute Gasteiger partial charge is 0.303 e. The van der Waals surface area contributed by atoms with Crippen molar-refractivity contribution >= 4 is 33.0 Å². The first-order valence-corrected chi connectivity index (χ1v) is 6.80. The molecule has 0 saturated heterocycles. The Bertz CT molecular complexity index is 616. The van der Waals surface area contributed by atoms with Crippen LogP contribution in [-0.4, -0.2) is 19.5 Å². The molecule has 0 amide bonds. The lowest BCUT2D eigenvalue weighted by atomic mass is 10.0. The first-order chi connectivity index (χ1) is 7.92. The van der Waals surface area contributed by atoms with Crippen LogP contribution >= 0.6 is 11.6 Å². The molecule has 1 aliphatic rings. The number of hydrogen-bond donors (Lipinski definition) is 1. The summed E-state index contributed by atoms with van der Waals surface area (Å²) in [7, 11) is -3.52. The second-order valence-electron chi connectivity index (χ2n) is 3.70. The topological polar surface area (TPSA) is 71.4 Å². The van der Waals surface area contributed by atoms with Gasteiger partial charge in [0.15, 0.2) is 0 Å². The van der Waals surface area contributed by atoms with E-state index >= 15 is 0 Å². The maximum Gasteiger partial charge on any atom is 0.303 e. The Morgan fingerprint density at radius 3 is 2.71 bits per heavy atom. The summed E-state index contributed by atoms with van der Waals surface area (Å²) < 4.78 is 23.6. The van der Waals surface area contributed by atoms with Gasteiger partial charge in [-0.3, -0.25) is 4.79 Å². The van der Waals surface area contributed by atoms with Gasteiger partial charge < -0.3 is 5.11 Å². The van der Waals surface area contributed by atoms with Gasteiger partial charge in [-0.05, 0) is 23.6 Å². The highest BCUT2D eigenvalue weighted by molar-refractivity contribution is 7.95. The highest BCUT2D eigenvalue weighted by Gasteiger charge is 2.29. The van der Waals surface area contributed by atoms with Crippen molar-refractivity contribution in [3.63, 3.8) is 0 Å². The fraction of sp³-hybridized carbons (Fsp3) is 0.182. The van der Waals surface area contributed by atoms with Gasteiger partial charge in [-0.2, -0.15) is 0 Å². The molecular formula is C11H9ClO4S. The number of carboxylic acids is 1. The van der Waals surface area contributed by atoms with Gasteiger partial charge in [0.2, 0.25) is 9.84 Å². The van der Waals surface area contributed by atoms with E-state index in [1.165, 1.54) is 6.07 Å². The molecule has 0 bridgehead atoms. The molecule has 0 atom stereocenters. The molecule has 1 aromatic carbocycles. The maximum atomic E-state index is 11.8. The van der Waals surface area contributed by atoms with Crippen molar-refractivity contribution in [2.45, 2.75) is 17.7 Å². The van der Waals surface area contributed by atoms with Crippen LogP contribution in [-0.2, 0) is 14.6 Å². The van der Waals surface area contributed by atoms with Crippen LogP contribution in [0.1, 0.15) is 18.4 Å². The molecule has 4 nitrogen and oxygen atoms in total. The Balaban J connectivity index is 2.47. The predicted molar refractivity (Wildman–Crippen MR) is 63.5 cm³/mol. The van der Waals surface area contributed by atoms with Gasteiger partial charge in [0.05, 0.1) is 9.92 Å². The molecule has 0 aliphatic carbocycles. The summed E-state index contributed by atoms with van der Waals surface area (Å²) in [5.41, 5.74) is 1.02. The zero-order valence-corrected chi connectivity index (χ0v) is 10.3. The van der Waals surface area contributed by atoms with Crippen molar-refractivity contribution in [2.24, 2.45) is 0 Å². The molecular weight excluding hydrogens is 264 g/mol. The average molecular weight is 273 g/mol. The quantitative estimate of drug-likeness (QED) is 0.917. The molecule has 1 N–H and O–H groups in total. The Labute approximate surface area is 103 Å². The van der Waals surface area contributed by atoms with Crippen LogP contribution in [0.15, 0.2) is 28.5 Å². The normalized spacial score (nSPS) is 16.4. The van der Waals surface area contributed by atoms with Crippen LogP contribution in [0.3, 0.4) is 0 Å². The molecule has 2 rings (SSSR count). The summed E-state index contributed by atoms with van der Waals surface area (Å²) in [5.74, 6) is -0.959. The number of halogens is 1. The number of carboxylic acid groups (broad SMARTS) is 1. The van der Waals surface area contributed by atoms with Crippen molar-refractivity contribution in [2.75, 3.05) is 0 Å². The summed E-state index contributed by atoms with van der Waals surface area (Å²) >= 11 is 5.85. The highest BCUT2D eigenvalue weighted by atomic mass is 35.5. The van der Waals surface area contributed by atoms with E-state index < -0.39 is 15.8 Å². The highest BCUT2D eigenvalue weighted by Crippen LogP contribution is 2.39. The zero-order chi connectivity index (χ0) is 12.6. The van der Waals surface area contributed by atoms with Crippen molar-refractivity contribution in [3.8, 4) is 0 Å². The second-order valence-corrected chi connectivity index (χ2v) is 5.84. The van der Waals surface area contributed by atoms with E-state index in [1.54, 1.807) is 12.1 Å². The molecule has 17 heavy (non-hydrogen) atoms. The Morgan fingerprint density at radius 2 is 2.06 bits per heavy atom. The average Bonchev–Trinajstić information content (AvgIpc) is 2.49. The molecule has 0 saturated carbocycles. The van der Waals surface area contributed by atoms with Crippen LogP contribution in [0, 0.1) is 0 Å². The second kappa shape index (κ2) is 4.16. The lowest BCUT2D eigenvalue weighted by Gasteiger charge is -2.03. The summed E-state index contributed by atoms with van der Waals surface area (Å²) in [6.45, 7) is 0. The van der Waals surface area contributed by atoms with E-state index in [0.717, 1.165) is 5.41 Å². The SMILES string of the molecule is O=C(O)CCC1=CS(=O)(=O)c2c(Cl)cccc21. The minimum atomic E-state index is -3.52. The number of fused-ring (bicyclic) bond motifs is 1. The first kappa shape index (κ1) is 12.1. The number of hydrogen-bond acceptors (Lipinski definition) is 3. The third-order valence-corrected chi connectivity index (χ3v) is 4.53. The van der Waals surface area contributed by atoms with E-state index in [9.17, 15) is 13.2 Å². The van der Waals surface area contributed by atoms with E-state index in [-0.39, 0.29) is 22.8 Å². The van der Waals surface area contributed by atoms with Gasteiger partial charge in [-0.15, -0.1) is 0 Å². The van der Waals surface area contributed by atoms with Crippen LogP contribution in [0.4, 0.5) is 0 Å². The number of sulfone groups is 1. The van der Waals surface area contributed by atoms with Gasteiger partial charge in [-0.25, -0.2) is 8.42 Å². The van der Waals surface area contributed by atoms with E-state index in [1.807, 2.05) is 0 Å². The van der Waals surface area contributed by atoms with Crippen molar-refractivity contribution < 1.29 is 18.3 Å². The van der Waals surface area contributed by atoms with Gasteiger partial charge in [0.1, 0.15) is 0 Å². The van der Waals surface area contributed by atoms with Crippen molar-refractivity contribution in [3.05, 3.63) is 34.2 Å². The summed E-state index contributed by atoms with van der Waals surface area (Å²) in [6, 6.07) is 4.79. The molecule has 6 heteroatoms. The van der Waals surface area contributed by atoms with Gasteiger partial charge >= 0.3 is 5.97 Å². The van der Waals surface area contributed by atoms with Crippen LogP contribution in [0.2, 0.25) is 5.02 Å². The van der Waals surface area contributed by atoms with Crippen LogP contribution in [0.5, 0.6) is 0 Å². The standard InChI is InChI=1S/C11H9ClO4S/c12-9-3-1-2-8-7(4-5-10(13)14)6-17(15,16)11(8)9/h1-3,6H,4-5H2,(H,13,14). The van der Waals surface area contributed by atoms with Crippen LogP contribution in [0.25, 0.3) is 5.57 Å². The van der Waals surface area contributed by atoms with Crippen LogP contribution < -0.4 is 0 Å². The Kier molecular flexibility index (Phi) is 2.97. The third-order valence-electron chi connectivity index (χ3n) is 2.50. The number of allylic oxidation sites excluding steroid dienone is 1. The van der Waals surface area contributed by atoms with Gasteiger partial charge in [0.25, 0.3) is 0 Å². The number of aliphatic carboxylic acids is 1. The lowest BCUT2D eigenvalue weighted by Crippen LogP contribution is -1.95. The Hall–Kier alpha value is -1.33. The summed E-state index contributed by atoms with van der Waals surface area (Å²) in [6.07, 6.45) is 0.0786. The molecule has 0 spiro atoms. The monoisotopic (exact) mass is 272 g/mol. The molecule has 0 aromatic heterocycles. The minimum absolute atomic E-state index is 0.0852. The third kappa shape index (κ3) is 2.21. The summed E-state index contributed by atoms with van der Waals surface area (Å²) in [4.78, 5) is 10.6.